The van der Waals surface area contributed by atoms with Gasteiger partial charge < -0.3 is 14.6 Å². The summed E-state index contributed by atoms with van der Waals surface area (Å²) < 4.78 is 12.4. The number of aryl methyl sites for hydroxylation is 2. The number of amides is 1. The van der Waals surface area contributed by atoms with Gasteiger partial charge in [0, 0.05) is 6.20 Å². The number of fused-ring (bicyclic) bond motifs is 1. The van der Waals surface area contributed by atoms with E-state index in [-0.39, 0.29) is 27.9 Å². The molecular weight excluding hydrogens is 544 g/mol. The number of carbonyl (C=O) groups excluding carboxylic acids is 3. The van der Waals surface area contributed by atoms with Gasteiger partial charge in [-0.05, 0) is 43.7 Å². The van der Waals surface area contributed by atoms with Crippen molar-refractivity contribution in [2.75, 3.05) is 18.1 Å². The second-order valence-corrected chi connectivity index (χ2v) is 10.1. The number of esters is 1. The molecule has 1 amide bonds. The molecule has 0 spiro atoms. The normalized spacial score (nSPS) is 16.2. The number of ether oxygens (including phenoxy) is 2. The van der Waals surface area contributed by atoms with Crippen LogP contribution in [-0.2, 0) is 14.3 Å². The van der Waals surface area contributed by atoms with Crippen LogP contribution in [0.1, 0.15) is 38.4 Å². The third-order valence-electron chi connectivity index (χ3n) is 6.45. The first-order valence-corrected chi connectivity index (χ1v) is 13.4. The van der Waals surface area contributed by atoms with Gasteiger partial charge in [-0.2, -0.15) is 0 Å². The molecule has 1 atom stereocenters. The zero-order chi connectivity index (χ0) is 29.3. The standard InChI is InChI=1S/C30H26N4O6S/c1-5-15-39-20-12-10-19(11-13-20)24-22(25(35)23-17(3)31-21-9-7-8-14-33(21)23)26(36)28(37)34(24)30-32-18(4)27(41-30)29(38)40-16-6-2/h5-14,24,35H,1-2,15-16H2,3-4H3/b25-22+. The molecule has 0 radical (unpaired) electrons. The number of aromatic nitrogens is 3. The molecule has 1 saturated heterocycles. The Morgan fingerprint density at radius 3 is 2.49 bits per heavy atom. The quantitative estimate of drug-likeness (QED) is 0.0987. The molecule has 0 aliphatic carbocycles. The van der Waals surface area contributed by atoms with E-state index in [9.17, 15) is 19.5 Å². The number of nitrogens with zero attached hydrogens (tertiary/aromatic N) is 4. The Morgan fingerprint density at radius 2 is 1.78 bits per heavy atom. The van der Waals surface area contributed by atoms with Gasteiger partial charge in [0.1, 0.15) is 35.2 Å². The number of carbonyl (C=O) groups is 3. The first-order chi connectivity index (χ1) is 19.8. The van der Waals surface area contributed by atoms with E-state index < -0.39 is 23.7 Å². The van der Waals surface area contributed by atoms with E-state index in [1.54, 1.807) is 66.9 Å². The number of aliphatic hydroxyl groups is 1. The lowest BCUT2D eigenvalue weighted by Crippen LogP contribution is -2.29. The number of ketones is 1. The van der Waals surface area contributed by atoms with Crippen LogP contribution >= 0.6 is 11.3 Å². The molecule has 1 unspecified atom stereocenters. The number of pyridine rings is 1. The van der Waals surface area contributed by atoms with E-state index >= 15 is 0 Å². The zero-order valence-corrected chi connectivity index (χ0v) is 23.2. The molecular formula is C30H26N4O6S. The van der Waals surface area contributed by atoms with Crippen molar-refractivity contribution >= 4 is 45.5 Å². The fourth-order valence-corrected chi connectivity index (χ4v) is 5.64. The number of Topliss-reactive ketones (excluding diaryl/α,β-unsaturated/α-hetero) is 1. The highest BCUT2D eigenvalue weighted by atomic mass is 32.1. The molecule has 4 aromatic rings. The minimum Gasteiger partial charge on any atom is -0.505 e. The van der Waals surface area contributed by atoms with Gasteiger partial charge in [-0.25, -0.2) is 14.8 Å². The molecule has 10 nitrogen and oxygen atoms in total. The fourth-order valence-electron chi connectivity index (χ4n) is 4.65. The zero-order valence-electron chi connectivity index (χ0n) is 22.4. The lowest BCUT2D eigenvalue weighted by Gasteiger charge is -2.23. The molecule has 1 aromatic carbocycles. The van der Waals surface area contributed by atoms with Gasteiger partial charge in [-0.1, -0.05) is 54.8 Å². The summed E-state index contributed by atoms with van der Waals surface area (Å²) in [6.07, 6.45) is 4.77. The predicted molar refractivity (Wildman–Crippen MR) is 154 cm³/mol. The Labute approximate surface area is 239 Å². The molecule has 1 N–H and O–H groups in total. The van der Waals surface area contributed by atoms with Crippen LogP contribution in [0.3, 0.4) is 0 Å². The summed E-state index contributed by atoms with van der Waals surface area (Å²) in [5, 5.41) is 11.8. The van der Waals surface area contributed by atoms with E-state index in [1.165, 1.54) is 11.0 Å². The summed E-state index contributed by atoms with van der Waals surface area (Å²) in [6, 6.07) is 11.1. The van der Waals surface area contributed by atoms with Gasteiger partial charge in [0.2, 0.25) is 0 Å². The van der Waals surface area contributed by atoms with Crippen molar-refractivity contribution in [3.05, 3.63) is 107 Å². The van der Waals surface area contributed by atoms with E-state index in [1.807, 2.05) is 6.07 Å². The van der Waals surface area contributed by atoms with Gasteiger partial charge in [0.25, 0.3) is 5.78 Å². The van der Waals surface area contributed by atoms with E-state index in [4.69, 9.17) is 9.47 Å². The molecule has 0 saturated carbocycles. The molecule has 1 fully saturated rings. The van der Waals surface area contributed by atoms with Gasteiger partial charge in [-0.15, -0.1) is 0 Å². The Hall–Kier alpha value is -5.03. The molecule has 5 rings (SSSR count). The van der Waals surface area contributed by atoms with Crippen molar-refractivity contribution in [3.63, 3.8) is 0 Å². The van der Waals surface area contributed by atoms with Gasteiger partial charge >= 0.3 is 11.9 Å². The van der Waals surface area contributed by atoms with Crippen molar-refractivity contribution in [3.8, 4) is 5.75 Å². The van der Waals surface area contributed by atoms with Gasteiger partial charge in [-0.3, -0.25) is 18.9 Å². The van der Waals surface area contributed by atoms with Crippen molar-refractivity contribution in [1.82, 2.24) is 14.4 Å². The predicted octanol–water partition coefficient (Wildman–Crippen LogP) is 4.94. The lowest BCUT2D eigenvalue weighted by atomic mass is 9.96. The number of hydrogen-bond donors (Lipinski definition) is 1. The molecule has 4 heterocycles. The number of aliphatic hydroxyl groups excluding tert-OH is 1. The van der Waals surface area contributed by atoms with Crippen LogP contribution in [0.2, 0.25) is 0 Å². The summed E-state index contributed by atoms with van der Waals surface area (Å²) in [4.78, 5) is 50.2. The topological polar surface area (TPSA) is 123 Å². The molecule has 11 heteroatoms. The van der Waals surface area contributed by atoms with E-state index in [2.05, 4.69) is 23.1 Å². The van der Waals surface area contributed by atoms with Crippen molar-refractivity contribution < 1.29 is 29.0 Å². The number of hydrogen-bond acceptors (Lipinski definition) is 9. The lowest BCUT2D eigenvalue weighted by molar-refractivity contribution is -0.132. The van der Waals surface area contributed by atoms with Crippen molar-refractivity contribution in [1.29, 1.82) is 0 Å². The number of anilines is 1. The van der Waals surface area contributed by atoms with Crippen LogP contribution in [0.15, 0.2) is 79.5 Å². The van der Waals surface area contributed by atoms with E-state index in [0.29, 0.717) is 40.6 Å². The van der Waals surface area contributed by atoms with Gasteiger partial charge in [0.05, 0.1) is 23.0 Å². The minimum atomic E-state index is -1.06. The van der Waals surface area contributed by atoms with Crippen molar-refractivity contribution in [2.24, 2.45) is 0 Å². The SMILES string of the molecule is C=CCOC(=O)c1sc(N2C(=O)C(=O)/C(=C(/O)c3c(C)nc4ccccn34)C2c2ccc(OCC=C)cc2)nc1C. The largest absolute Gasteiger partial charge is 0.505 e. The molecule has 1 aliphatic rings. The minimum absolute atomic E-state index is 0.00888. The van der Waals surface area contributed by atoms with Crippen LogP contribution in [-0.4, -0.2) is 50.3 Å². The highest BCUT2D eigenvalue weighted by Crippen LogP contribution is 2.44. The molecule has 41 heavy (non-hydrogen) atoms. The smallest absolute Gasteiger partial charge is 0.350 e. The summed E-state index contributed by atoms with van der Waals surface area (Å²) >= 11 is 0.926. The van der Waals surface area contributed by atoms with E-state index in [0.717, 1.165) is 11.3 Å². The van der Waals surface area contributed by atoms with Crippen molar-refractivity contribution in [2.45, 2.75) is 19.9 Å². The number of imidazole rings is 1. The number of benzene rings is 1. The molecule has 1 aliphatic heterocycles. The third kappa shape index (κ3) is 4.91. The van der Waals surface area contributed by atoms with Crippen LogP contribution in [0, 0.1) is 13.8 Å². The van der Waals surface area contributed by atoms with Crippen LogP contribution in [0.5, 0.6) is 5.75 Å². The van der Waals surface area contributed by atoms with Crippen LogP contribution in [0.4, 0.5) is 5.13 Å². The Morgan fingerprint density at radius 1 is 1.05 bits per heavy atom. The highest BCUT2D eigenvalue weighted by molar-refractivity contribution is 7.17. The van der Waals surface area contributed by atoms with Gasteiger partial charge in [0.15, 0.2) is 10.9 Å². The average Bonchev–Trinajstić information content (AvgIpc) is 3.60. The Balaban J connectivity index is 1.69. The maximum absolute atomic E-state index is 13.6. The maximum Gasteiger partial charge on any atom is 0.350 e. The molecule has 0 bridgehead atoms. The third-order valence-corrected chi connectivity index (χ3v) is 7.58. The number of thiazole rings is 1. The summed E-state index contributed by atoms with van der Waals surface area (Å²) in [7, 11) is 0. The highest BCUT2D eigenvalue weighted by Gasteiger charge is 2.49. The first-order valence-electron chi connectivity index (χ1n) is 12.6. The first kappa shape index (κ1) is 27.5. The maximum atomic E-state index is 13.6. The molecule has 3 aromatic heterocycles. The monoisotopic (exact) mass is 570 g/mol. The average molecular weight is 571 g/mol. The Kier molecular flexibility index (Phi) is 7.54. The summed E-state index contributed by atoms with van der Waals surface area (Å²) in [5.74, 6) is -2.23. The summed E-state index contributed by atoms with van der Waals surface area (Å²) in [6.45, 7) is 10.8. The fraction of sp³-hybridized carbons (Fsp3) is 0.167. The van der Waals surface area contributed by atoms with Crippen LogP contribution in [0.25, 0.3) is 11.4 Å². The number of rotatable bonds is 9. The Bertz CT molecular complexity index is 1730. The second kappa shape index (κ2) is 11.2. The second-order valence-electron chi connectivity index (χ2n) is 9.11. The van der Waals surface area contributed by atoms with Crippen LogP contribution < -0.4 is 9.64 Å². The molecule has 208 valence electrons. The summed E-state index contributed by atoms with van der Waals surface area (Å²) in [5.41, 5.74) is 2.06.